The molecule has 0 atom stereocenters. The first-order valence-electron chi connectivity index (χ1n) is 6.60. The topological polar surface area (TPSA) is 24.1 Å². The Morgan fingerprint density at radius 3 is 2.59 bits per heavy atom. The minimum Gasteiger partial charge on any atom is -0.380 e. The fourth-order valence-electron chi connectivity index (χ4n) is 3.10. The summed E-state index contributed by atoms with van der Waals surface area (Å²) in [5, 5.41) is 8.09. The third kappa shape index (κ3) is 2.11. The molecule has 0 radical (unpaired) electrons. The predicted molar refractivity (Wildman–Crippen MR) is 74.0 cm³/mol. The third-order valence-electron chi connectivity index (χ3n) is 4.08. The van der Waals surface area contributed by atoms with E-state index >= 15 is 0 Å². The van der Waals surface area contributed by atoms with Crippen LogP contribution in [0.4, 0.5) is 11.4 Å². The van der Waals surface area contributed by atoms with E-state index in [-0.39, 0.29) is 5.54 Å². The van der Waals surface area contributed by atoms with Crippen molar-refractivity contribution in [1.82, 2.24) is 0 Å². The number of nitrogens with one attached hydrogen (secondary N) is 2. The second kappa shape index (κ2) is 4.41. The number of fused-ring (bicyclic) bond motifs is 1. The van der Waals surface area contributed by atoms with Crippen molar-refractivity contribution < 1.29 is 0 Å². The molecule has 2 aliphatic rings. The first kappa shape index (κ1) is 11.2. The lowest BCUT2D eigenvalue weighted by Gasteiger charge is -2.40. The molecule has 0 aromatic heterocycles. The van der Waals surface area contributed by atoms with E-state index in [1.54, 1.807) is 0 Å². The molecule has 1 aromatic carbocycles. The standard InChI is InChI=1S/C14H19ClN2/c15-11-6-5-7-12-13(11)16-10-14(17-12)8-3-1-2-4-9-14/h5-7,16-17H,1-4,8-10H2. The number of hydrogen-bond acceptors (Lipinski definition) is 2. The van der Waals surface area contributed by atoms with Gasteiger partial charge in [-0.3, -0.25) is 0 Å². The van der Waals surface area contributed by atoms with Crippen LogP contribution in [-0.2, 0) is 0 Å². The van der Waals surface area contributed by atoms with E-state index in [0.717, 1.165) is 17.3 Å². The van der Waals surface area contributed by atoms with Gasteiger partial charge >= 0.3 is 0 Å². The summed E-state index contributed by atoms with van der Waals surface area (Å²) in [6.45, 7) is 1.00. The quantitative estimate of drug-likeness (QED) is 0.719. The Morgan fingerprint density at radius 1 is 1.06 bits per heavy atom. The molecule has 0 saturated heterocycles. The Kier molecular flexibility index (Phi) is 2.91. The number of anilines is 2. The lowest BCUT2D eigenvalue weighted by atomic mass is 9.88. The molecule has 1 aliphatic heterocycles. The zero-order valence-electron chi connectivity index (χ0n) is 10.1. The highest BCUT2D eigenvalue weighted by atomic mass is 35.5. The number of para-hydroxylation sites is 1. The smallest absolute Gasteiger partial charge is 0.0766 e. The molecule has 1 spiro atoms. The Morgan fingerprint density at radius 2 is 1.82 bits per heavy atom. The average molecular weight is 251 g/mol. The molecule has 92 valence electrons. The van der Waals surface area contributed by atoms with Crippen LogP contribution in [0.5, 0.6) is 0 Å². The highest BCUT2D eigenvalue weighted by Gasteiger charge is 2.34. The van der Waals surface area contributed by atoms with Gasteiger partial charge in [-0.2, -0.15) is 0 Å². The van der Waals surface area contributed by atoms with Crippen molar-refractivity contribution >= 4 is 23.0 Å². The van der Waals surface area contributed by atoms with E-state index < -0.39 is 0 Å². The fourth-order valence-corrected chi connectivity index (χ4v) is 3.34. The highest BCUT2D eigenvalue weighted by Crippen LogP contribution is 2.40. The molecule has 3 rings (SSSR count). The Balaban J connectivity index is 1.88. The molecule has 0 bridgehead atoms. The molecule has 1 aromatic rings. The van der Waals surface area contributed by atoms with E-state index in [0.29, 0.717) is 0 Å². The maximum absolute atomic E-state index is 6.20. The molecule has 2 nitrogen and oxygen atoms in total. The van der Waals surface area contributed by atoms with Crippen LogP contribution < -0.4 is 10.6 Å². The highest BCUT2D eigenvalue weighted by molar-refractivity contribution is 6.34. The van der Waals surface area contributed by atoms with Gasteiger partial charge in [0.25, 0.3) is 0 Å². The fraction of sp³-hybridized carbons (Fsp3) is 0.571. The van der Waals surface area contributed by atoms with E-state index in [4.69, 9.17) is 11.6 Å². The summed E-state index contributed by atoms with van der Waals surface area (Å²) >= 11 is 6.20. The second-order valence-corrected chi connectivity index (χ2v) is 5.74. The lowest BCUT2D eigenvalue weighted by Crippen LogP contribution is -2.47. The van der Waals surface area contributed by atoms with Gasteiger partial charge in [0.05, 0.1) is 21.9 Å². The van der Waals surface area contributed by atoms with Gasteiger partial charge in [0.2, 0.25) is 0 Å². The molecule has 0 amide bonds. The predicted octanol–water partition coefficient (Wildman–Crippen LogP) is 4.27. The van der Waals surface area contributed by atoms with E-state index in [9.17, 15) is 0 Å². The van der Waals surface area contributed by atoms with Crippen LogP contribution in [0.3, 0.4) is 0 Å². The van der Waals surface area contributed by atoms with Crippen LogP contribution in [0.2, 0.25) is 5.02 Å². The summed E-state index contributed by atoms with van der Waals surface area (Å²) in [5.41, 5.74) is 2.50. The van der Waals surface area contributed by atoms with Crippen LogP contribution in [-0.4, -0.2) is 12.1 Å². The summed E-state index contributed by atoms with van der Waals surface area (Å²) in [6.07, 6.45) is 7.98. The molecular formula is C14H19ClN2. The van der Waals surface area contributed by atoms with Crippen molar-refractivity contribution in [3.05, 3.63) is 23.2 Å². The van der Waals surface area contributed by atoms with E-state index in [1.807, 2.05) is 12.1 Å². The van der Waals surface area contributed by atoms with Crippen LogP contribution >= 0.6 is 11.6 Å². The molecule has 3 heteroatoms. The van der Waals surface area contributed by atoms with Crippen molar-refractivity contribution in [2.24, 2.45) is 0 Å². The zero-order valence-corrected chi connectivity index (χ0v) is 10.8. The van der Waals surface area contributed by atoms with Gasteiger partial charge in [-0.25, -0.2) is 0 Å². The molecule has 1 aliphatic carbocycles. The van der Waals surface area contributed by atoms with E-state index in [1.165, 1.54) is 44.2 Å². The van der Waals surface area contributed by atoms with Crippen LogP contribution in [0.15, 0.2) is 18.2 Å². The molecule has 17 heavy (non-hydrogen) atoms. The molecular weight excluding hydrogens is 232 g/mol. The lowest BCUT2D eigenvalue weighted by molar-refractivity contribution is 0.423. The molecule has 2 N–H and O–H groups in total. The SMILES string of the molecule is Clc1cccc2c1NCC1(CCCCCC1)N2. The van der Waals surface area contributed by atoms with Gasteiger partial charge < -0.3 is 10.6 Å². The van der Waals surface area contributed by atoms with Crippen LogP contribution in [0, 0.1) is 0 Å². The van der Waals surface area contributed by atoms with Gasteiger partial charge in [-0.05, 0) is 25.0 Å². The minimum absolute atomic E-state index is 0.258. The normalized spacial score (nSPS) is 22.2. The zero-order chi connectivity index (χ0) is 11.7. The third-order valence-corrected chi connectivity index (χ3v) is 4.39. The monoisotopic (exact) mass is 250 g/mol. The first-order valence-corrected chi connectivity index (χ1v) is 6.98. The minimum atomic E-state index is 0.258. The van der Waals surface area contributed by atoms with Crippen molar-refractivity contribution in [3.8, 4) is 0 Å². The Bertz CT molecular complexity index is 409. The Labute approximate surface area is 108 Å². The Hall–Kier alpha value is -0.890. The van der Waals surface area contributed by atoms with Crippen LogP contribution in [0.25, 0.3) is 0 Å². The maximum Gasteiger partial charge on any atom is 0.0766 e. The van der Waals surface area contributed by atoms with Crippen LogP contribution in [0.1, 0.15) is 38.5 Å². The maximum atomic E-state index is 6.20. The van der Waals surface area contributed by atoms with Gasteiger partial charge in [0, 0.05) is 6.54 Å². The molecule has 1 fully saturated rings. The molecule has 0 unspecified atom stereocenters. The molecule has 1 heterocycles. The number of halogens is 1. The average Bonchev–Trinajstić information content (AvgIpc) is 2.55. The van der Waals surface area contributed by atoms with Gasteiger partial charge in [-0.15, -0.1) is 0 Å². The summed E-state index contributed by atoms with van der Waals surface area (Å²) < 4.78 is 0. The summed E-state index contributed by atoms with van der Waals surface area (Å²) in [4.78, 5) is 0. The van der Waals surface area contributed by atoms with Crippen molar-refractivity contribution in [2.75, 3.05) is 17.2 Å². The first-order chi connectivity index (χ1) is 8.29. The second-order valence-electron chi connectivity index (χ2n) is 5.34. The van der Waals surface area contributed by atoms with Gasteiger partial charge in [0.15, 0.2) is 0 Å². The number of hydrogen-bond donors (Lipinski definition) is 2. The van der Waals surface area contributed by atoms with E-state index in [2.05, 4.69) is 16.7 Å². The van der Waals surface area contributed by atoms with Gasteiger partial charge in [0.1, 0.15) is 0 Å². The van der Waals surface area contributed by atoms with Gasteiger partial charge in [-0.1, -0.05) is 43.4 Å². The van der Waals surface area contributed by atoms with Crippen molar-refractivity contribution in [1.29, 1.82) is 0 Å². The largest absolute Gasteiger partial charge is 0.380 e. The summed E-state index contributed by atoms with van der Waals surface area (Å²) in [7, 11) is 0. The summed E-state index contributed by atoms with van der Waals surface area (Å²) in [5.74, 6) is 0. The number of rotatable bonds is 0. The number of benzene rings is 1. The van der Waals surface area contributed by atoms with Crippen molar-refractivity contribution in [2.45, 2.75) is 44.1 Å². The molecule has 1 saturated carbocycles. The summed E-state index contributed by atoms with van der Waals surface area (Å²) in [6, 6.07) is 6.09. The van der Waals surface area contributed by atoms with Crippen molar-refractivity contribution in [3.63, 3.8) is 0 Å².